The standard InChI is InChI=1S/C21H36N4O4S/c1-25(2)20-23-21(30-24-20)22-15-16(26)17(27)18(29-19(15)28-3)14-9-7-13(8-10-14)11-12-5-4-6-12/h12-19,26-27H,4-11H2,1-3H3,(H,22,23,24)/t13?,14?,15-,16-,17-,18-,19-/m1/s1. The maximum absolute atomic E-state index is 10.9. The molecule has 0 unspecified atom stereocenters. The Morgan fingerprint density at radius 3 is 2.37 bits per heavy atom. The van der Waals surface area contributed by atoms with Gasteiger partial charge in [0, 0.05) is 32.7 Å². The van der Waals surface area contributed by atoms with Crippen LogP contribution in [0.2, 0.25) is 0 Å². The zero-order chi connectivity index (χ0) is 21.3. The number of hydrogen-bond donors (Lipinski definition) is 3. The van der Waals surface area contributed by atoms with Gasteiger partial charge < -0.3 is 29.9 Å². The van der Waals surface area contributed by atoms with E-state index in [9.17, 15) is 10.2 Å². The quantitative estimate of drug-likeness (QED) is 0.595. The van der Waals surface area contributed by atoms with E-state index in [0.717, 1.165) is 24.7 Å². The van der Waals surface area contributed by atoms with E-state index in [4.69, 9.17) is 9.47 Å². The number of ether oxygens (including phenoxy) is 2. The lowest BCUT2D eigenvalue weighted by atomic mass is 9.71. The molecule has 0 amide bonds. The van der Waals surface area contributed by atoms with E-state index in [0.29, 0.717) is 11.1 Å². The molecule has 1 aliphatic heterocycles. The van der Waals surface area contributed by atoms with Crippen molar-refractivity contribution in [1.29, 1.82) is 0 Å². The molecule has 170 valence electrons. The first-order valence-corrected chi connectivity index (χ1v) is 12.1. The van der Waals surface area contributed by atoms with Crippen LogP contribution in [0.1, 0.15) is 51.4 Å². The minimum Gasteiger partial charge on any atom is -0.388 e. The topological polar surface area (TPSA) is 100.0 Å². The summed E-state index contributed by atoms with van der Waals surface area (Å²) in [6.45, 7) is 0. The second kappa shape index (κ2) is 9.65. The lowest BCUT2D eigenvalue weighted by Crippen LogP contribution is -2.62. The monoisotopic (exact) mass is 440 g/mol. The Balaban J connectivity index is 1.35. The van der Waals surface area contributed by atoms with Gasteiger partial charge in [-0.05, 0) is 37.0 Å². The number of aliphatic hydroxyl groups is 2. The highest BCUT2D eigenvalue weighted by atomic mass is 32.1. The molecule has 0 aromatic carbocycles. The third kappa shape index (κ3) is 4.75. The minimum atomic E-state index is -1.01. The van der Waals surface area contributed by atoms with Gasteiger partial charge in [-0.3, -0.25) is 0 Å². The van der Waals surface area contributed by atoms with Gasteiger partial charge in [0.15, 0.2) is 6.29 Å². The van der Waals surface area contributed by atoms with E-state index in [2.05, 4.69) is 14.7 Å². The molecule has 0 bridgehead atoms. The van der Waals surface area contributed by atoms with Crippen molar-refractivity contribution in [3.8, 4) is 0 Å². The minimum absolute atomic E-state index is 0.257. The van der Waals surface area contributed by atoms with Gasteiger partial charge in [-0.2, -0.15) is 9.36 Å². The highest BCUT2D eigenvalue weighted by Crippen LogP contribution is 2.42. The van der Waals surface area contributed by atoms with Crippen molar-refractivity contribution in [3.63, 3.8) is 0 Å². The van der Waals surface area contributed by atoms with Gasteiger partial charge >= 0.3 is 0 Å². The molecule has 1 aromatic rings. The van der Waals surface area contributed by atoms with E-state index >= 15 is 0 Å². The smallest absolute Gasteiger partial charge is 0.238 e. The van der Waals surface area contributed by atoms with Crippen molar-refractivity contribution >= 4 is 22.6 Å². The molecule has 3 fully saturated rings. The van der Waals surface area contributed by atoms with Crippen LogP contribution in [0.4, 0.5) is 11.1 Å². The summed E-state index contributed by atoms with van der Waals surface area (Å²) in [5, 5.41) is 25.5. The summed E-state index contributed by atoms with van der Waals surface area (Å²) in [5.41, 5.74) is 0. The van der Waals surface area contributed by atoms with E-state index < -0.39 is 30.6 Å². The van der Waals surface area contributed by atoms with Crippen molar-refractivity contribution in [2.75, 3.05) is 31.4 Å². The van der Waals surface area contributed by atoms with Crippen molar-refractivity contribution in [3.05, 3.63) is 0 Å². The number of hydrogen-bond acceptors (Lipinski definition) is 9. The van der Waals surface area contributed by atoms with Crippen LogP contribution in [0, 0.1) is 17.8 Å². The molecule has 2 heterocycles. The lowest BCUT2D eigenvalue weighted by Gasteiger charge is -2.46. The van der Waals surface area contributed by atoms with Gasteiger partial charge in [0.1, 0.15) is 18.2 Å². The zero-order valence-electron chi connectivity index (χ0n) is 18.2. The van der Waals surface area contributed by atoms with Crippen LogP contribution in [0.25, 0.3) is 0 Å². The number of rotatable bonds is 7. The molecule has 3 aliphatic rings. The summed E-state index contributed by atoms with van der Waals surface area (Å²) in [5.74, 6) is 2.61. The number of aromatic nitrogens is 2. The largest absolute Gasteiger partial charge is 0.388 e. The molecule has 0 radical (unpaired) electrons. The molecule has 8 nitrogen and oxygen atoms in total. The molecule has 4 rings (SSSR count). The van der Waals surface area contributed by atoms with Gasteiger partial charge in [0.05, 0.1) is 6.10 Å². The Kier molecular flexibility index (Phi) is 7.14. The van der Waals surface area contributed by atoms with Gasteiger partial charge in [0.2, 0.25) is 11.1 Å². The van der Waals surface area contributed by atoms with E-state index in [1.807, 2.05) is 19.0 Å². The summed E-state index contributed by atoms with van der Waals surface area (Å²) < 4.78 is 16.0. The second-order valence-electron chi connectivity index (χ2n) is 9.46. The fourth-order valence-corrected chi connectivity index (χ4v) is 5.87. The molecule has 5 atom stereocenters. The average Bonchev–Trinajstić information content (AvgIpc) is 3.18. The summed E-state index contributed by atoms with van der Waals surface area (Å²) in [4.78, 5) is 6.22. The number of methoxy groups -OCH3 is 1. The van der Waals surface area contributed by atoms with E-state index in [1.165, 1.54) is 50.1 Å². The lowest BCUT2D eigenvalue weighted by molar-refractivity contribution is -0.262. The van der Waals surface area contributed by atoms with Crippen molar-refractivity contribution < 1.29 is 19.7 Å². The SMILES string of the molecule is CO[C@@H]1O[C@H](C2CCC(CC3CCC3)CC2)[C@H](O)[C@H](O)[C@H]1Nc1nc(N(C)C)ns1. The highest BCUT2D eigenvalue weighted by molar-refractivity contribution is 7.09. The van der Waals surface area contributed by atoms with E-state index in [1.54, 1.807) is 7.11 Å². The van der Waals surface area contributed by atoms with Gasteiger partial charge in [0.25, 0.3) is 0 Å². The van der Waals surface area contributed by atoms with Crippen LogP contribution in [-0.2, 0) is 9.47 Å². The second-order valence-corrected chi connectivity index (χ2v) is 10.2. The van der Waals surface area contributed by atoms with Crippen LogP contribution in [0.3, 0.4) is 0 Å². The fourth-order valence-electron chi connectivity index (χ4n) is 5.18. The number of anilines is 2. The van der Waals surface area contributed by atoms with Gasteiger partial charge in [-0.1, -0.05) is 32.1 Å². The molecule has 2 aliphatic carbocycles. The van der Waals surface area contributed by atoms with Crippen molar-refractivity contribution in [2.45, 2.75) is 82.0 Å². The summed E-state index contributed by atoms with van der Waals surface area (Å²) >= 11 is 1.21. The summed E-state index contributed by atoms with van der Waals surface area (Å²) in [6, 6.07) is -0.612. The first kappa shape index (κ1) is 22.2. The van der Waals surface area contributed by atoms with Crippen LogP contribution in [-0.4, -0.2) is 71.4 Å². The molecule has 1 aromatic heterocycles. The first-order valence-electron chi connectivity index (χ1n) is 11.3. The van der Waals surface area contributed by atoms with Gasteiger partial charge in [-0.15, -0.1) is 0 Å². The molecular weight excluding hydrogens is 404 g/mol. The highest BCUT2D eigenvalue weighted by Gasteiger charge is 2.48. The predicted molar refractivity (Wildman–Crippen MR) is 117 cm³/mol. The third-order valence-electron chi connectivity index (χ3n) is 7.22. The third-order valence-corrected chi connectivity index (χ3v) is 7.86. The molecule has 2 saturated carbocycles. The Morgan fingerprint density at radius 2 is 1.80 bits per heavy atom. The number of aliphatic hydroxyl groups excluding tert-OH is 2. The average molecular weight is 441 g/mol. The normalized spacial score (nSPS) is 37.6. The molecule has 1 saturated heterocycles. The van der Waals surface area contributed by atoms with Crippen LogP contribution in [0.15, 0.2) is 0 Å². The zero-order valence-corrected chi connectivity index (χ0v) is 19.1. The molecule has 30 heavy (non-hydrogen) atoms. The number of nitrogens with zero attached hydrogens (tertiary/aromatic N) is 3. The Morgan fingerprint density at radius 1 is 1.10 bits per heavy atom. The summed E-state index contributed by atoms with van der Waals surface area (Å²) in [7, 11) is 5.32. The molecule has 9 heteroatoms. The molecular formula is C21H36N4O4S. The van der Waals surface area contributed by atoms with Crippen LogP contribution < -0.4 is 10.2 Å². The van der Waals surface area contributed by atoms with Gasteiger partial charge in [-0.25, -0.2) is 0 Å². The first-order chi connectivity index (χ1) is 14.5. The predicted octanol–water partition coefficient (Wildman–Crippen LogP) is 2.47. The molecule has 3 N–H and O–H groups in total. The van der Waals surface area contributed by atoms with Crippen molar-refractivity contribution in [1.82, 2.24) is 9.36 Å². The Labute approximate surface area is 183 Å². The molecule has 0 spiro atoms. The van der Waals surface area contributed by atoms with E-state index in [-0.39, 0.29) is 5.92 Å². The number of nitrogens with one attached hydrogen (secondary N) is 1. The fraction of sp³-hybridized carbons (Fsp3) is 0.905. The maximum atomic E-state index is 10.9. The van der Waals surface area contributed by atoms with Crippen LogP contribution in [0.5, 0.6) is 0 Å². The summed E-state index contributed by atoms with van der Waals surface area (Å²) in [6.07, 6.45) is 7.04. The Bertz CT molecular complexity index is 676. The Hall–Kier alpha value is -1.00. The van der Waals surface area contributed by atoms with Crippen LogP contribution >= 0.6 is 11.5 Å². The maximum Gasteiger partial charge on any atom is 0.238 e. The van der Waals surface area contributed by atoms with Crippen molar-refractivity contribution in [2.24, 2.45) is 17.8 Å².